The highest BCUT2D eigenvalue weighted by atomic mass is 35.5. The Morgan fingerprint density at radius 3 is 2.21 bits per heavy atom. The predicted molar refractivity (Wildman–Crippen MR) is 166 cm³/mol. The maximum atomic E-state index is 13.1. The highest BCUT2D eigenvalue weighted by Crippen LogP contribution is 2.26. The van der Waals surface area contributed by atoms with Crippen molar-refractivity contribution in [1.29, 1.82) is 0 Å². The van der Waals surface area contributed by atoms with Gasteiger partial charge in [-0.15, -0.1) is 0 Å². The van der Waals surface area contributed by atoms with Crippen molar-refractivity contribution in [3.8, 4) is 5.75 Å². The second-order valence-corrected chi connectivity index (χ2v) is 10.1. The summed E-state index contributed by atoms with van der Waals surface area (Å²) in [5.74, 6) is -0.915. The molecule has 0 fully saturated rings. The van der Waals surface area contributed by atoms with Gasteiger partial charge in [0.1, 0.15) is 18.4 Å². The molecule has 0 aliphatic heterocycles. The summed E-state index contributed by atoms with van der Waals surface area (Å²) in [6, 6.07) is 28.9. The van der Waals surface area contributed by atoms with E-state index in [1.807, 2.05) is 6.07 Å². The Hall–Kier alpha value is -4.88. The molecule has 0 aliphatic carbocycles. The largest absolute Gasteiger partial charge is 0.492 e. The van der Waals surface area contributed by atoms with E-state index in [9.17, 15) is 19.5 Å². The number of ether oxygens (including phenoxy) is 1. The van der Waals surface area contributed by atoms with Crippen molar-refractivity contribution in [2.24, 2.45) is 0 Å². The molecule has 0 heterocycles. The molecule has 0 unspecified atom stereocenters. The molecular weight excluding hydrogens is 552 g/mol. The van der Waals surface area contributed by atoms with Crippen LogP contribution in [0.1, 0.15) is 28.4 Å². The van der Waals surface area contributed by atoms with Gasteiger partial charge in [0, 0.05) is 28.8 Å². The first kappa shape index (κ1) is 30.1. The number of hydrogen-bond acceptors (Lipinski definition) is 5. The molecule has 0 bridgehead atoms. The number of carboxylic acid groups (broad SMARTS) is 1. The molecule has 2 N–H and O–H groups in total. The Morgan fingerprint density at radius 1 is 0.905 bits per heavy atom. The quantitative estimate of drug-likeness (QED) is 0.135. The fraction of sp³-hybridized carbons (Fsp3) is 0.147. The summed E-state index contributed by atoms with van der Waals surface area (Å²) >= 11 is 6.32. The minimum atomic E-state index is -1.04. The van der Waals surface area contributed by atoms with Crippen LogP contribution in [-0.4, -0.2) is 42.0 Å². The smallest absolute Gasteiger partial charge is 0.326 e. The lowest BCUT2D eigenvalue weighted by Crippen LogP contribution is -2.35. The zero-order chi connectivity index (χ0) is 30.1. The van der Waals surface area contributed by atoms with Crippen LogP contribution < -0.4 is 15.0 Å². The van der Waals surface area contributed by atoms with Crippen molar-refractivity contribution >= 4 is 40.6 Å². The van der Waals surface area contributed by atoms with Crippen molar-refractivity contribution in [3.05, 3.63) is 137 Å². The van der Waals surface area contributed by atoms with Crippen LogP contribution in [0.25, 0.3) is 0 Å². The summed E-state index contributed by atoms with van der Waals surface area (Å²) in [5.41, 5.74) is 3.09. The van der Waals surface area contributed by atoms with Gasteiger partial charge in [-0.1, -0.05) is 84.9 Å². The summed E-state index contributed by atoms with van der Waals surface area (Å²) in [4.78, 5) is 39.5. The molecule has 0 aromatic heterocycles. The van der Waals surface area contributed by atoms with Gasteiger partial charge in [-0.2, -0.15) is 0 Å². The molecular formula is C34H31ClN2O5. The number of anilines is 2. The molecule has 4 aromatic carbocycles. The third-order valence-corrected chi connectivity index (χ3v) is 6.86. The average Bonchev–Trinajstić information content (AvgIpc) is 3.00. The van der Waals surface area contributed by atoms with Gasteiger partial charge < -0.3 is 20.1 Å². The number of benzene rings is 4. The van der Waals surface area contributed by atoms with Gasteiger partial charge in [-0.3, -0.25) is 9.59 Å². The van der Waals surface area contributed by atoms with E-state index in [0.29, 0.717) is 38.8 Å². The molecule has 0 radical (unpaired) electrons. The number of aliphatic carboxylic acids is 1. The standard InChI is InChI=1S/C34H31ClN2O5/c1-23(2)33(39)37(31-15-9-7-13-28(31)35)20-21-42-26-18-16-24(17-19-26)22-30(34(40)41)36-29-14-8-6-12-27(29)32(38)25-10-4-3-5-11-25/h3-19,30,36H,1,20-22H2,2H3,(H,40,41)/t30-/m0/s1. The van der Waals surface area contributed by atoms with E-state index in [1.165, 1.54) is 4.90 Å². The summed E-state index contributed by atoms with van der Waals surface area (Å²) in [6.45, 7) is 5.86. The minimum absolute atomic E-state index is 0.177. The van der Waals surface area contributed by atoms with E-state index in [0.717, 1.165) is 5.56 Å². The normalized spacial score (nSPS) is 11.3. The lowest BCUT2D eigenvalue weighted by Gasteiger charge is -2.24. The zero-order valence-corrected chi connectivity index (χ0v) is 23.9. The van der Waals surface area contributed by atoms with Gasteiger partial charge in [-0.25, -0.2) is 4.79 Å². The van der Waals surface area contributed by atoms with Gasteiger partial charge in [0.05, 0.1) is 17.3 Å². The number of ketones is 1. The molecule has 0 aliphatic rings. The number of amides is 1. The third kappa shape index (κ3) is 7.65. The minimum Gasteiger partial charge on any atom is -0.492 e. The molecule has 4 rings (SSSR count). The van der Waals surface area contributed by atoms with E-state index < -0.39 is 12.0 Å². The van der Waals surface area contributed by atoms with Crippen LogP contribution in [0.3, 0.4) is 0 Å². The van der Waals surface area contributed by atoms with Crippen LogP contribution in [-0.2, 0) is 16.0 Å². The van der Waals surface area contributed by atoms with Crippen LogP contribution >= 0.6 is 11.6 Å². The Labute approximate surface area is 250 Å². The van der Waals surface area contributed by atoms with E-state index in [1.54, 1.807) is 104 Å². The molecule has 1 amide bonds. The fourth-order valence-electron chi connectivity index (χ4n) is 4.38. The fourth-order valence-corrected chi connectivity index (χ4v) is 4.62. The van der Waals surface area contributed by atoms with E-state index in [4.69, 9.17) is 16.3 Å². The predicted octanol–water partition coefficient (Wildman–Crippen LogP) is 6.67. The molecule has 4 aromatic rings. The average molecular weight is 583 g/mol. The number of hydrogen-bond donors (Lipinski definition) is 2. The van der Waals surface area contributed by atoms with Gasteiger partial charge in [-0.05, 0) is 48.9 Å². The lowest BCUT2D eigenvalue weighted by molar-refractivity contribution is -0.137. The molecule has 0 saturated heterocycles. The first-order valence-corrected chi connectivity index (χ1v) is 13.7. The second kappa shape index (κ2) is 14.1. The van der Waals surface area contributed by atoms with Crippen LogP contribution in [0.2, 0.25) is 5.02 Å². The summed E-state index contributed by atoms with van der Waals surface area (Å²) in [5, 5.41) is 13.4. The molecule has 8 heteroatoms. The number of nitrogens with zero attached hydrogens (tertiary/aromatic N) is 1. The van der Waals surface area contributed by atoms with Gasteiger partial charge in [0.15, 0.2) is 5.78 Å². The number of rotatable bonds is 13. The Bertz CT molecular complexity index is 1570. The summed E-state index contributed by atoms with van der Waals surface area (Å²) < 4.78 is 5.88. The first-order chi connectivity index (χ1) is 20.2. The maximum absolute atomic E-state index is 13.1. The maximum Gasteiger partial charge on any atom is 0.326 e. The van der Waals surface area contributed by atoms with Gasteiger partial charge in [0.2, 0.25) is 0 Å². The highest BCUT2D eigenvalue weighted by Gasteiger charge is 2.22. The number of nitrogens with one attached hydrogen (secondary N) is 1. The Morgan fingerprint density at radius 2 is 1.55 bits per heavy atom. The highest BCUT2D eigenvalue weighted by molar-refractivity contribution is 6.34. The zero-order valence-electron chi connectivity index (χ0n) is 23.1. The summed E-state index contributed by atoms with van der Waals surface area (Å²) in [6.07, 6.45) is 0.177. The number of carboxylic acids is 1. The topological polar surface area (TPSA) is 95.9 Å². The van der Waals surface area contributed by atoms with Crippen LogP contribution in [0.4, 0.5) is 11.4 Å². The molecule has 0 saturated carbocycles. The van der Waals surface area contributed by atoms with Crippen molar-refractivity contribution in [2.75, 3.05) is 23.4 Å². The SMILES string of the molecule is C=C(C)C(=O)N(CCOc1ccc(C[C@H](Nc2ccccc2C(=O)c2ccccc2)C(=O)O)cc1)c1ccccc1Cl. The molecule has 42 heavy (non-hydrogen) atoms. The molecule has 1 atom stereocenters. The number of halogens is 1. The van der Waals surface area contributed by atoms with Crippen LogP contribution in [0.15, 0.2) is 115 Å². The van der Waals surface area contributed by atoms with Crippen molar-refractivity contribution in [3.63, 3.8) is 0 Å². The second-order valence-electron chi connectivity index (χ2n) is 9.66. The Balaban J connectivity index is 1.40. The Kier molecular flexibility index (Phi) is 10.1. The monoisotopic (exact) mass is 582 g/mol. The van der Waals surface area contributed by atoms with E-state index in [2.05, 4.69) is 11.9 Å². The summed E-state index contributed by atoms with van der Waals surface area (Å²) in [7, 11) is 0. The van der Waals surface area contributed by atoms with Crippen LogP contribution in [0.5, 0.6) is 5.75 Å². The molecule has 7 nitrogen and oxygen atoms in total. The molecule has 0 spiro atoms. The van der Waals surface area contributed by atoms with Crippen molar-refractivity contribution in [2.45, 2.75) is 19.4 Å². The third-order valence-electron chi connectivity index (χ3n) is 6.54. The van der Waals surface area contributed by atoms with Crippen LogP contribution in [0, 0.1) is 0 Å². The van der Waals surface area contributed by atoms with Gasteiger partial charge in [0.25, 0.3) is 5.91 Å². The van der Waals surface area contributed by atoms with Gasteiger partial charge >= 0.3 is 5.97 Å². The lowest BCUT2D eigenvalue weighted by atomic mass is 10.00. The first-order valence-electron chi connectivity index (χ1n) is 13.4. The number of carbonyl (C=O) groups is 3. The number of carbonyl (C=O) groups excluding carboxylic acids is 2. The van der Waals surface area contributed by atoms with E-state index in [-0.39, 0.29) is 31.3 Å². The number of para-hydroxylation sites is 2. The molecule has 214 valence electrons. The van der Waals surface area contributed by atoms with Crippen molar-refractivity contribution in [1.82, 2.24) is 0 Å². The van der Waals surface area contributed by atoms with Crippen molar-refractivity contribution < 1.29 is 24.2 Å². The van der Waals surface area contributed by atoms with E-state index >= 15 is 0 Å².